The molecule has 1 aliphatic rings. The molecular weight excluding hydrogens is 206 g/mol. The van der Waals surface area contributed by atoms with Crippen molar-refractivity contribution >= 4 is 5.82 Å². The molecule has 82 valence electrons. The van der Waals surface area contributed by atoms with Crippen LogP contribution >= 0.6 is 0 Å². The Hall–Kier alpha value is -2.17. The van der Waals surface area contributed by atoms with Gasteiger partial charge in [-0.25, -0.2) is 4.68 Å². The number of nitrogen functional groups attached to an aromatic ring is 1. The summed E-state index contributed by atoms with van der Waals surface area (Å²) >= 11 is 0. The summed E-state index contributed by atoms with van der Waals surface area (Å²) < 4.78 is 12.3. The zero-order valence-electron chi connectivity index (χ0n) is 8.59. The molecule has 0 amide bonds. The first-order chi connectivity index (χ1) is 7.83. The minimum absolute atomic E-state index is 0.294. The first-order valence-electron chi connectivity index (χ1n) is 4.99. The summed E-state index contributed by atoms with van der Waals surface area (Å²) in [7, 11) is 0. The third-order valence-electron chi connectivity index (χ3n) is 2.52. The maximum absolute atomic E-state index is 5.75. The number of ether oxygens (including phenoxy) is 2. The van der Waals surface area contributed by atoms with Gasteiger partial charge in [0.2, 0.25) is 6.79 Å². The molecule has 0 atom stereocenters. The molecule has 1 aromatic carbocycles. The van der Waals surface area contributed by atoms with Crippen LogP contribution in [0, 0.1) is 0 Å². The molecule has 0 radical (unpaired) electrons. The highest BCUT2D eigenvalue weighted by Gasteiger charge is 2.13. The summed E-state index contributed by atoms with van der Waals surface area (Å²) in [5.74, 6) is 2.22. The fourth-order valence-electron chi connectivity index (χ4n) is 1.69. The molecule has 0 saturated heterocycles. The molecule has 1 aromatic heterocycles. The van der Waals surface area contributed by atoms with Crippen molar-refractivity contribution in [2.75, 3.05) is 12.5 Å². The molecule has 2 heterocycles. The minimum Gasteiger partial charge on any atom is -0.454 e. The molecule has 5 heteroatoms. The lowest BCUT2D eigenvalue weighted by molar-refractivity contribution is 0.174. The maximum atomic E-state index is 5.75. The molecule has 0 fully saturated rings. The van der Waals surface area contributed by atoms with E-state index in [1.165, 1.54) is 0 Å². The van der Waals surface area contributed by atoms with Gasteiger partial charge in [-0.3, -0.25) is 0 Å². The normalized spacial score (nSPS) is 13.0. The highest BCUT2D eigenvalue weighted by Crippen LogP contribution is 2.32. The molecule has 0 aliphatic carbocycles. The highest BCUT2D eigenvalue weighted by molar-refractivity contribution is 5.44. The van der Waals surface area contributed by atoms with Gasteiger partial charge < -0.3 is 15.2 Å². The van der Waals surface area contributed by atoms with E-state index >= 15 is 0 Å². The van der Waals surface area contributed by atoms with Crippen molar-refractivity contribution in [1.82, 2.24) is 9.78 Å². The van der Waals surface area contributed by atoms with E-state index in [9.17, 15) is 0 Å². The fourth-order valence-corrected chi connectivity index (χ4v) is 1.69. The summed E-state index contributed by atoms with van der Waals surface area (Å²) in [6.07, 6.45) is 1.68. The molecule has 0 unspecified atom stereocenters. The van der Waals surface area contributed by atoms with E-state index in [1.807, 2.05) is 18.2 Å². The lowest BCUT2D eigenvalue weighted by atomic mass is 10.2. The van der Waals surface area contributed by atoms with E-state index in [2.05, 4.69) is 5.10 Å². The van der Waals surface area contributed by atoms with Gasteiger partial charge in [0.25, 0.3) is 0 Å². The molecule has 5 nitrogen and oxygen atoms in total. The predicted octanol–water partition coefficient (Wildman–Crippen LogP) is 1.24. The summed E-state index contributed by atoms with van der Waals surface area (Å²) in [6.45, 7) is 0.929. The Morgan fingerprint density at radius 1 is 1.25 bits per heavy atom. The van der Waals surface area contributed by atoms with Crippen molar-refractivity contribution in [3.05, 3.63) is 36.0 Å². The lowest BCUT2D eigenvalue weighted by Crippen LogP contribution is -2.05. The Balaban J connectivity index is 1.88. The molecule has 3 rings (SSSR count). The highest BCUT2D eigenvalue weighted by atomic mass is 16.7. The number of nitrogens with zero attached hydrogens (tertiary/aromatic N) is 2. The molecule has 2 N–H and O–H groups in total. The maximum Gasteiger partial charge on any atom is 0.231 e. The van der Waals surface area contributed by atoms with Gasteiger partial charge >= 0.3 is 0 Å². The van der Waals surface area contributed by atoms with Crippen molar-refractivity contribution in [3.8, 4) is 11.5 Å². The second-order valence-electron chi connectivity index (χ2n) is 3.60. The van der Waals surface area contributed by atoms with Crippen molar-refractivity contribution in [1.29, 1.82) is 0 Å². The fraction of sp³-hybridized carbons (Fsp3) is 0.182. The average Bonchev–Trinajstić information content (AvgIpc) is 2.88. The number of hydrogen-bond donors (Lipinski definition) is 1. The van der Waals surface area contributed by atoms with E-state index in [1.54, 1.807) is 16.9 Å². The van der Waals surface area contributed by atoms with Gasteiger partial charge in [0.15, 0.2) is 11.5 Å². The van der Waals surface area contributed by atoms with Gasteiger partial charge in [0, 0.05) is 0 Å². The largest absolute Gasteiger partial charge is 0.454 e. The average molecular weight is 217 g/mol. The second-order valence-corrected chi connectivity index (χ2v) is 3.60. The zero-order chi connectivity index (χ0) is 11.0. The third kappa shape index (κ3) is 1.46. The number of rotatable bonds is 2. The van der Waals surface area contributed by atoms with E-state index < -0.39 is 0 Å². The van der Waals surface area contributed by atoms with Crippen LogP contribution in [0.2, 0.25) is 0 Å². The number of aromatic nitrogens is 2. The molecule has 0 spiro atoms. The zero-order valence-corrected chi connectivity index (χ0v) is 8.59. The van der Waals surface area contributed by atoms with E-state index in [-0.39, 0.29) is 0 Å². The summed E-state index contributed by atoms with van der Waals surface area (Å²) in [5.41, 5.74) is 6.83. The summed E-state index contributed by atoms with van der Waals surface area (Å²) in [6, 6.07) is 7.60. The lowest BCUT2D eigenvalue weighted by Gasteiger charge is -2.05. The molecular formula is C11H11N3O2. The van der Waals surface area contributed by atoms with Crippen LogP contribution in [0.5, 0.6) is 11.5 Å². The van der Waals surface area contributed by atoms with Gasteiger partial charge in [-0.05, 0) is 23.8 Å². The molecule has 0 saturated carbocycles. The summed E-state index contributed by atoms with van der Waals surface area (Å²) in [5, 5.41) is 4.12. The van der Waals surface area contributed by atoms with E-state index in [0.717, 1.165) is 17.1 Å². The van der Waals surface area contributed by atoms with Crippen LogP contribution in [-0.2, 0) is 6.54 Å². The monoisotopic (exact) mass is 217 g/mol. The van der Waals surface area contributed by atoms with Crippen LogP contribution in [-0.4, -0.2) is 16.6 Å². The van der Waals surface area contributed by atoms with Gasteiger partial charge in [0.1, 0.15) is 5.82 Å². The number of fused-ring (bicyclic) bond motifs is 1. The minimum atomic E-state index is 0.294. The Morgan fingerprint density at radius 2 is 2.12 bits per heavy atom. The van der Waals surface area contributed by atoms with Gasteiger partial charge in [-0.1, -0.05) is 6.07 Å². The quantitative estimate of drug-likeness (QED) is 0.822. The van der Waals surface area contributed by atoms with E-state index in [0.29, 0.717) is 19.2 Å². The number of hydrogen-bond acceptors (Lipinski definition) is 4. The number of benzene rings is 1. The number of anilines is 1. The smallest absolute Gasteiger partial charge is 0.231 e. The van der Waals surface area contributed by atoms with Crippen molar-refractivity contribution in [2.45, 2.75) is 6.54 Å². The Kier molecular flexibility index (Phi) is 1.96. The predicted molar refractivity (Wildman–Crippen MR) is 58.3 cm³/mol. The number of nitrogens with two attached hydrogens (primary N) is 1. The molecule has 16 heavy (non-hydrogen) atoms. The van der Waals surface area contributed by atoms with Crippen LogP contribution < -0.4 is 15.2 Å². The second kappa shape index (κ2) is 3.44. The van der Waals surface area contributed by atoms with Crippen LogP contribution in [0.4, 0.5) is 5.82 Å². The van der Waals surface area contributed by atoms with Gasteiger partial charge in [0.05, 0.1) is 12.7 Å². The molecule has 2 aromatic rings. The molecule has 1 aliphatic heterocycles. The van der Waals surface area contributed by atoms with Gasteiger partial charge in [-0.2, -0.15) is 5.10 Å². The summed E-state index contributed by atoms with van der Waals surface area (Å²) in [4.78, 5) is 0. The first kappa shape index (κ1) is 9.08. The Morgan fingerprint density at radius 3 is 2.94 bits per heavy atom. The van der Waals surface area contributed by atoms with Crippen molar-refractivity contribution in [3.63, 3.8) is 0 Å². The topological polar surface area (TPSA) is 62.3 Å². The molecule has 0 bridgehead atoms. The van der Waals surface area contributed by atoms with Gasteiger partial charge in [-0.15, -0.1) is 0 Å². The van der Waals surface area contributed by atoms with Crippen LogP contribution in [0.3, 0.4) is 0 Å². The standard InChI is InChI=1S/C11H11N3O2/c12-11-3-4-13-14(11)6-8-1-2-9-10(5-8)16-7-15-9/h1-5H,6-7,12H2. The van der Waals surface area contributed by atoms with Crippen molar-refractivity contribution < 1.29 is 9.47 Å². The van der Waals surface area contributed by atoms with Crippen LogP contribution in [0.15, 0.2) is 30.5 Å². The van der Waals surface area contributed by atoms with Crippen LogP contribution in [0.1, 0.15) is 5.56 Å². The third-order valence-corrected chi connectivity index (χ3v) is 2.52. The Labute approximate surface area is 92.4 Å². The van der Waals surface area contributed by atoms with Crippen LogP contribution in [0.25, 0.3) is 0 Å². The Bertz CT molecular complexity index is 522. The SMILES string of the molecule is Nc1ccnn1Cc1ccc2c(c1)OCO2. The first-order valence-corrected chi connectivity index (χ1v) is 4.99. The van der Waals surface area contributed by atoms with E-state index in [4.69, 9.17) is 15.2 Å². The van der Waals surface area contributed by atoms with Crippen molar-refractivity contribution in [2.24, 2.45) is 0 Å².